The number of carboxylic acids is 1. The molecule has 1 aromatic rings. The minimum absolute atomic E-state index is 0.146. The SMILES string of the molecule is CCCCNC(=O)CN1C(=O)S/C(=C\c2ccccc2OCC(=O)O)C1=O. The molecule has 0 radical (unpaired) electrons. The fourth-order valence-electron chi connectivity index (χ4n) is 2.25. The van der Waals surface area contributed by atoms with Gasteiger partial charge >= 0.3 is 5.97 Å². The number of unbranched alkanes of at least 4 members (excludes halogenated alkanes) is 1. The number of aliphatic carboxylic acids is 1. The van der Waals surface area contributed by atoms with Gasteiger partial charge in [-0.2, -0.15) is 0 Å². The molecule has 0 saturated carbocycles. The molecule has 8 nitrogen and oxygen atoms in total. The summed E-state index contributed by atoms with van der Waals surface area (Å²) in [6.45, 7) is 1.63. The van der Waals surface area contributed by atoms with Crippen LogP contribution in [0.25, 0.3) is 6.08 Å². The number of nitrogens with zero attached hydrogens (tertiary/aromatic N) is 1. The summed E-state index contributed by atoms with van der Waals surface area (Å²) in [6.07, 6.45) is 3.20. The van der Waals surface area contributed by atoms with Crippen LogP contribution in [0.2, 0.25) is 0 Å². The number of para-hydroxylation sites is 1. The van der Waals surface area contributed by atoms with Crippen molar-refractivity contribution >= 4 is 40.9 Å². The summed E-state index contributed by atoms with van der Waals surface area (Å²) in [4.78, 5) is 48.1. The van der Waals surface area contributed by atoms with Gasteiger partial charge in [0.15, 0.2) is 6.61 Å². The zero-order chi connectivity index (χ0) is 19.8. The average molecular weight is 392 g/mol. The molecule has 1 aliphatic rings. The van der Waals surface area contributed by atoms with Crippen LogP contribution >= 0.6 is 11.8 Å². The number of carbonyl (C=O) groups is 4. The van der Waals surface area contributed by atoms with Gasteiger partial charge in [-0.1, -0.05) is 31.5 Å². The maximum atomic E-state index is 12.5. The number of hydrogen-bond donors (Lipinski definition) is 2. The molecule has 1 aliphatic heterocycles. The zero-order valence-corrected chi connectivity index (χ0v) is 15.6. The Morgan fingerprint density at radius 3 is 2.74 bits per heavy atom. The van der Waals surface area contributed by atoms with Crippen LogP contribution in [-0.2, 0) is 14.4 Å². The predicted octanol–water partition coefficient (Wildman–Crippen LogP) is 2.10. The lowest BCUT2D eigenvalue weighted by Gasteiger charge is -2.12. The van der Waals surface area contributed by atoms with Crippen molar-refractivity contribution in [2.45, 2.75) is 19.8 Å². The minimum atomic E-state index is -1.13. The molecule has 1 saturated heterocycles. The topological polar surface area (TPSA) is 113 Å². The highest BCUT2D eigenvalue weighted by Gasteiger charge is 2.36. The van der Waals surface area contributed by atoms with Crippen LogP contribution in [0, 0.1) is 0 Å². The first-order chi connectivity index (χ1) is 12.9. The van der Waals surface area contributed by atoms with Crippen molar-refractivity contribution in [2.75, 3.05) is 19.7 Å². The van der Waals surface area contributed by atoms with Crippen LogP contribution in [0.1, 0.15) is 25.3 Å². The van der Waals surface area contributed by atoms with E-state index < -0.39 is 29.6 Å². The van der Waals surface area contributed by atoms with E-state index in [1.165, 1.54) is 6.08 Å². The number of hydrogen-bond acceptors (Lipinski definition) is 6. The summed E-state index contributed by atoms with van der Waals surface area (Å²) in [7, 11) is 0. The van der Waals surface area contributed by atoms with Crippen LogP contribution in [0.4, 0.5) is 4.79 Å². The van der Waals surface area contributed by atoms with E-state index in [4.69, 9.17) is 9.84 Å². The molecule has 2 N–H and O–H groups in total. The molecule has 144 valence electrons. The summed E-state index contributed by atoms with van der Waals surface area (Å²) >= 11 is 0.727. The van der Waals surface area contributed by atoms with Gasteiger partial charge in [0, 0.05) is 12.1 Å². The highest BCUT2D eigenvalue weighted by molar-refractivity contribution is 8.18. The molecule has 2 rings (SSSR count). The van der Waals surface area contributed by atoms with Crippen molar-refractivity contribution in [2.24, 2.45) is 0 Å². The zero-order valence-electron chi connectivity index (χ0n) is 14.8. The lowest BCUT2D eigenvalue weighted by molar-refractivity contribution is -0.139. The van der Waals surface area contributed by atoms with Crippen LogP contribution in [0.3, 0.4) is 0 Å². The standard InChI is InChI=1S/C18H20N2O6S/c1-2-3-8-19-15(21)10-20-17(24)14(27-18(20)25)9-12-6-4-5-7-13(12)26-11-16(22)23/h4-7,9H,2-3,8,10-11H2,1H3,(H,19,21)(H,22,23)/b14-9-. The maximum Gasteiger partial charge on any atom is 0.341 e. The molecule has 0 spiro atoms. The third kappa shape index (κ3) is 5.85. The first-order valence-corrected chi connectivity index (χ1v) is 9.19. The Labute approximate surface area is 160 Å². The number of carboxylic acid groups (broad SMARTS) is 1. The average Bonchev–Trinajstić information content (AvgIpc) is 2.88. The lowest BCUT2D eigenvalue weighted by atomic mass is 10.2. The van der Waals surface area contributed by atoms with Crippen LogP contribution in [-0.4, -0.2) is 52.7 Å². The Balaban J connectivity index is 2.10. The fraction of sp³-hybridized carbons (Fsp3) is 0.333. The highest BCUT2D eigenvalue weighted by atomic mass is 32.2. The second-order valence-corrected chi connectivity index (χ2v) is 6.68. The number of imide groups is 1. The van der Waals surface area contributed by atoms with Gasteiger partial charge < -0.3 is 15.2 Å². The molecule has 0 aromatic heterocycles. The van der Waals surface area contributed by atoms with E-state index in [0.717, 1.165) is 29.5 Å². The Bertz CT molecular complexity index is 777. The second-order valence-electron chi connectivity index (χ2n) is 5.69. The number of thioether (sulfide) groups is 1. The molecular formula is C18H20N2O6S. The largest absolute Gasteiger partial charge is 0.481 e. The summed E-state index contributed by atoms with van der Waals surface area (Å²) in [6, 6.07) is 6.58. The van der Waals surface area contributed by atoms with Crippen molar-refractivity contribution in [1.82, 2.24) is 10.2 Å². The minimum Gasteiger partial charge on any atom is -0.481 e. The van der Waals surface area contributed by atoms with Crippen molar-refractivity contribution in [3.8, 4) is 5.75 Å². The Hall–Kier alpha value is -2.81. The molecule has 0 aliphatic carbocycles. The number of rotatable bonds is 9. The van der Waals surface area contributed by atoms with Gasteiger partial charge in [0.1, 0.15) is 12.3 Å². The Kier molecular flexibility index (Phi) is 7.42. The van der Waals surface area contributed by atoms with E-state index in [9.17, 15) is 19.2 Å². The summed E-state index contributed by atoms with van der Waals surface area (Å²) in [5.41, 5.74) is 0.469. The van der Waals surface area contributed by atoms with E-state index in [1.807, 2.05) is 6.92 Å². The van der Waals surface area contributed by atoms with E-state index in [-0.39, 0.29) is 17.2 Å². The van der Waals surface area contributed by atoms with Gasteiger partial charge in [0.2, 0.25) is 5.91 Å². The summed E-state index contributed by atoms with van der Waals surface area (Å²) in [5.74, 6) is -1.80. The second kappa shape index (κ2) is 9.77. The maximum absolute atomic E-state index is 12.5. The highest BCUT2D eigenvalue weighted by Crippen LogP contribution is 2.33. The third-order valence-electron chi connectivity index (χ3n) is 3.58. The number of ether oxygens (including phenoxy) is 1. The van der Waals surface area contributed by atoms with Crippen molar-refractivity contribution < 1.29 is 29.0 Å². The van der Waals surface area contributed by atoms with E-state index in [2.05, 4.69) is 5.32 Å². The summed E-state index contributed by atoms with van der Waals surface area (Å²) < 4.78 is 5.19. The van der Waals surface area contributed by atoms with Crippen molar-refractivity contribution in [3.05, 3.63) is 34.7 Å². The normalized spacial score (nSPS) is 15.3. The number of amides is 3. The molecule has 27 heavy (non-hydrogen) atoms. The first kappa shape index (κ1) is 20.5. The third-order valence-corrected chi connectivity index (χ3v) is 4.49. The van der Waals surface area contributed by atoms with Gasteiger partial charge in [-0.15, -0.1) is 0 Å². The number of carbonyl (C=O) groups excluding carboxylic acids is 3. The van der Waals surface area contributed by atoms with E-state index in [0.29, 0.717) is 12.1 Å². The molecule has 0 unspecified atom stereocenters. The van der Waals surface area contributed by atoms with Crippen molar-refractivity contribution in [3.63, 3.8) is 0 Å². The molecule has 3 amide bonds. The number of nitrogens with one attached hydrogen (secondary N) is 1. The van der Waals surface area contributed by atoms with Gasteiger partial charge in [-0.3, -0.25) is 19.3 Å². The predicted molar refractivity (Wildman–Crippen MR) is 100 cm³/mol. The van der Waals surface area contributed by atoms with Crippen molar-refractivity contribution in [1.29, 1.82) is 0 Å². The Morgan fingerprint density at radius 2 is 2.04 bits per heavy atom. The van der Waals surface area contributed by atoms with Gasteiger partial charge in [-0.25, -0.2) is 4.79 Å². The van der Waals surface area contributed by atoms with Gasteiger partial charge in [0.25, 0.3) is 11.1 Å². The monoisotopic (exact) mass is 392 g/mol. The molecule has 0 bridgehead atoms. The van der Waals surface area contributed by atoms with Crippen LogP contribution in [0.15, 0.2) is 29.2 Å². The molecule has 9 heteroatoms. The first-order valence-electron chi connectivity index (χ1n) is 8.38. The molecular weight excluding hydrogens is 372 g/mol. The molecule has 1 fully saturated rings. The molecule has 1 aromatic carbocycles. The quantitative estimate of drug-likeness (QED) is 0.489. The van der Waals surface area contributed by atoms with E-state index >= 15 is 0 Å². The number of benzene rings is 1. The van der Waals surface area contributed by atoms with Crippen LogP contribution in [0.5, 0.6) is 5.75 Å². The fourth-order valence-corrected chi connectivity index (χ4v) is 3.08. The smallest absolute Gasteiger partial charge is 0.341 e. The van der Waals surface area contributed by atoms with Gasteiger partial charge in [0.05, 0.1) is 4.91 Å². The Morgan fingerprint density at radius 1 is 1.30 bits per heavy atom. The molecule has 0 atom stereocenters. The van der Waals surface area contributed by atoms with Gasteiger partial charge in [-0.05, 0) is 30.3 Å². The lowest BCUT2D eigenvalue weighted by Crippen LogP contribution is -2.39. The van der Waals surface area contributed by atoms with E-state index in [1.54, 1.807) is 24.3 Å². The molecule has 1 heterocycles. The summed E-state index contributed by atoms with van der Waals surface area (Å²) in [5, 5.41) is 10.9. The van der Waals surface area contributed by atoms with Crippen LogP contribution < -0.4 is 10.1 Å².